The molecule has 0 amide bonds. The predicted octanol–water partition coefficient (Wildman–Crippen LogP) is 1.67. The van der Waals surface area contributed by atoms with Crippen molar-refractivity contribution in [3.63, 3.8) is 0 Å². The van der Waals surface area contributed by atoms with Crippen LogP contribution in [0.2, 0.25) is 0 Å². The first-order valence-corrected chi connectivity index (χ1v) is 2.72. The molecule has 0 radical (unpaired) electrons. The molecule has 0 saturated carbocycles. The Morgan fingerprint density at radius 3 is 2.27 bits per heavy atom. The Bertz CT molecular complexity index is 238. The van der Waals surface area contributed by atoms with Crippen LogP contribution in [0.3, 0.4) is 0 Å². The molecule has 0 spiro atoms. The van der Waals surface area contributed by atoms with Gasteiger partial charge in [0.1, 0.15) is 0 Å². The van der Waals surface area contributed by atoms with Gasteiger partial charge in [-0.05, 0) is 4.86 Å². The van der Waals surface area contributed by atoms with Gasteiger partial charge >= 0.3 is 19.5 Å². The molecule has 0 atom stereocenters. The third kappa shape index (κ3) is 2.64. The molecular formula is C6H6N2O2Zn+2. The minimum Gasteiger partial charge on any atom is -0.592 e. The quantitative estimate of drug-likeness (QED) is 0.327. The van der Waals surface area contributed by atoms with Crippen molar-refractivity contribution in [3.05, 3.63) is 35.5 Å². The molecule has 1 rings (SSSR count). The summed E-state index contributed by atoms with van der Waals surface area (Å²) < 4.78 is 0. The van der Waals surface area contributed by atoms with Gasteiger partial charge in [0.25, 0.3) is 0 Å². The SMILES string of the molecule is [O-]/[N+](=N\O)c1ccccc1.[Zn+2]. The number of nitrogens with zero attached hydrogens (tertiary/aromatic N) is 2. The first-order valence-electron chi connectivity index (χ1n) is 2.72. The molecule has 5 heteroatoms. The second-order valence-corrected chi connectivity index (χ2v) is 1.70. The Balaban J connectivity index is 0.000001000. The van der Waals surface area contributed by atoms with Crippen LogP contribution in [0.5, 0.6) is 0 Å². The fourth-order valence-corrected chi connectivity index (χ4v) is 0.607. The zero-order chi connectivity index (χ0) is 7.40. The first-order chi connectivity index (χ1) is 4.84. The summed E-state index contributed by atoms with van der Waals surface area (Å²) in [6.07, 6.45) is 0. The van der Waals surface area contributed by atoms with Gasteiger partial charge in [-0.2, -0.15) is 0 Å². The third-order valence-electron chi connectivity index (χ3n) is 1.06. The van der Waals surface area contributed by atoms with E-state index in [0.29, 0.717) is 5.69 Å². The molecule has 0 bridgehead atoms. The smallest absolute Gasteiger partial charge is 0.592 e. The van der Waals surface area contributed by atoms with Crippen molar-refractivity contribution in [3.8, 4) is 0 Å². The predicted molar refractivity (Wildman–Crippen MR) is 33.9 cm³/mol. The van der Waals surface area contributed by atoms with E-state index in [-0.39, 0.29) is 24.3 Å². The molecule has 11 heavy (non-hydrogen) atoms. The van der Waals surface area contributed by atoms with Crippen LogP contribution in [0.15, 0.2) is 35.6 Å². The molecule has 0 aliphatic rings. The summed E-state index contributed by atoms with van der Waals surface area (Å²) >= 11 is 0. The first kappa shape index (κ1) is 10.0. The van der Waals surface area contributed by atoms with Crippen LogP contribution in [-0.2, 0) is 19.5 Å². The average Bonchev–Trinajstić information content (AvgIpc) is 2.05. The summed E-state index contributed by atoms with van der Waals surface area (Å²) in [5.41, 5.74) is 0.310. The second kappa shape index (κ2) is 4.80. The fraction of sp³-hybridized carbons (Fsp3) is 0. The van der Waals surface area contributed by atoms with Gasteiger partial charge in [-0.25, -0.2) is 0 Å². The molecule has 1 N–H and O–H groups in total. The van der Waals surface area contributed by atoms with E-state index in [1.807, 2.05) is 0 Å². The summed E-state index contributed by atoms with van der Waals surface area (Å²) in [4.78, 5) is 0.139. The van der Waals surface area contributed by atoms with E-state index in [2.05, 4.69) is 5.28 Å². The van der Waals surface area contributed by atoms with Crippen molar-refractivity contribution in [2.24, 2.45) is 5.28 Å². The fourth-order valence-electron chi connectivity index (χ4n) is 0.607. The maximum absolute atomic E-state index is 10.5. The van der Waals surface area contributed by atoms with Gasteiger partial charge in [0.15, 0.2) is 0 Å². The van der Waals surface area contributed by atoms with Crippen molar-refractivity contribution in [2.45, 2.75) is 0 Å². The maximum atomic E-state index is 10.5. The van der Waals surface area contributed by atoms with Crippen molar-refractivity contribution < 1.29 is 29.5 Å². The Labute approximate surface area is 76.5 Å². The van der Waals surface area contributed by atoms with Crippen molar-refractivity contribution in [2.75, 3.05) is 0 Å². The maximum Gasteiger partial charge on any atom is 2.00 e. The topological polar surface area (TPSA) is 58.7 Å². The third-order valence-corrected chi connectivity index (χ3v) is 1.06. The number of para-hydroxylation sites is 1. The zero-order valence-electron chi connectivity index (χ0n) is 5.84. The van der Waals surface area contributed by atoms with Crippen LogP contribution in [0.4, 0.5) is 5.69 Å². The summed E-state index contributed by atoms with van der Waals surface area (Å²) in [6.45, 7) is 0. The Hall–Kier alpha value is -0.957. The summed E-state index contributed by atoms with van der Waals surface area (Å²) in [7, 11) is 0. The molecule has 0 saturated heterocycles. The molecule has 1 aromatic carbocycles. The molecule has 0 aliphatic heterocycles. The average molecular weight is 204 g/mol. The molecule has 0 aromatic heterocycles. The minimum absolute atomic E-state index is 0. The summed E-state index contributed by atoms with van der Waals surface area (Å²) in [5.74, 6) is 0. The van der Waals surface area contributed by atoms with Crippen molar-refractivity contribution >= 4 is 5.69 Å². The van der Waals surface area contributed by atoms with E-state index in [4.69, 9.17) is 5.21 Å². The standard InChI is InChI=1S/C6H6N2O2.Zn/c9-7-8(10)6-4-2-1-3-5-6;/h1-5,9H;/q;+2/b8-7-;. The van der Waals surface area contributed by atoms with Gasteiger partial charge in [-0.1, -0.05) is 18.2 Å². The molecule has 0 aliphatic carbocycles. The molecule has 0 unspecified atom stereocenters. The molecular weight excluding hydrogens is 197 g/mol. The van der Waals surface area contributed by atoms with E-state index in [9.17, 15) is 5.21 Å². The van der Waals surface area contributed by atoms with Gasteiger partial charge in [0.2, 0.25) is 11.0 Å². The largest absolute Gasteiger partial charge is 2.00 e. The summed E-state index contributed by atoms with van der Waals surface area (Å²) in [6, 6.07) is 8.24. The molecule has 0 heterocycles. The number of benzene rings is 1. The Kier molecular flexibility index (Phi) is 4.38. The van der Waals surface area contributed by atoms with E-state index in [1.165, 1.54) is 0 Å². The van der Waals surface area contributed by atoms with Gasteiger partial charge in [0, 0.05) is 12.1 Å². The van der Waals surface area contributed by atoms with Gasteiger partial charge in [0.05, 0.1) is 0 Å². The van der Waals surface area contributed by atoms with E-state index in [0.717, 1.165) is 0 Å². The van der Waals surface area contributed by atoms with Crippen LogP contribution in [0.25, 0.3) is 0 Å². The number of rotatable bonds is 1. The zero-order valence-corrected chi connectivity index (χ0v) is 8.81. The Morgan fingerprint density at radius 1 is 1.27 bits per heavy atom. The molecule has 0 fully saturated rings. The number of hydrogen-bond donors (Lipinski definition) is 1. The van der Waals surface area contributed by atoms with Crippen LogP contribution in [0.1, 0.15) is 0 Å². The molecule has 1 aromatic rings. The van der Waals surface area contributed by atoms with Crippen LogP contribution >= 0.6 is 0 Å². The van der Waals surface area contributed by atoms with Crippen molar-refractivity contribution in [1.29, 1.82) is 0 Å². The van der Waals surface area contributed by atoms with E-state index < -0.39 is 0 Å². The molecule has 52 valence electrons. The van der Waals surface area contributed by atoms with Gasteiger partial charge in [-0.15, -0.1) is 0 Å². The van der Waals surface area contributed by atoms with Crippen LogP contribution in [-0.4, -0.2) is 10.1 Å². The Morgan fingerprint density at radius 2 is 1.82 bits per heavy atom. The monoisotopic (exact) mass is 202 g/mol. The second-order valence-electron chi connectivity index (χ2n) is 1.70. The normalized spacial score (nSPS) is 10.4. The minimum atomic E-state index is 0. The van der Waals surface area contributed by atoms with E-state index >= 15 is 0 Å². The van der Waals surface area contributed by atoms with Crippen LogP contribution in [0, 0.1) is 5.21 Å². The van der Waals surface area contributed by atoms with E-state index in [1.54, 1.807) is 30.3 Å². The molecule has 4 nitrogen and oxygen atoms in total. The summed E-state index contributed by atoms with van der Waals surface area (Å²) in [5, 5.41) is 21.0. The van der Waals surface area contributed by atoms with Crippen molar-refractivity contribution in [1.82, 2.24) is 0 Å². The number of hydrogen-bond acceptors (Lipinski definition) is 2. The van der Waals surface area contributed by atoms with Gasteiger partial charge < -0.3 is 10.4 Å². The van der Waals surface area contributed by atoms with Gasteiger partial charge in [-0.3, -0.25) is 0 Å². The van der Waals surface area contributed by atoms with Crippen LogP contribution < -0.4 is 0 Å².